The Morgan fingerprint density at radius 2 is 2.00 bits per heavy atom. The van der Waals surface area contributed by atoms with Crippen LogP contribution in [-0.2, 0) is 4.74 Å². The van der Waals surface area contributed by atoms with Crippen LogP contribution in [0.1, 0.15) is 24.8 Å². The van der Waals surface area contributed by atoms with Crippen LogP contribution < -0.4 is 10.5 Å². The van der Waals surface area contributed by atoms with E-state index >= 15 is 0 Å². The Hall–Kier alpha value is -1.17. The molecule has 0 amide bonds. The topological polar surface area (TPSA) is 47.7 Å². The number of likely N-dealkylation sites (tertiary alicyclic amines) is 1. The highest BCUT2D eigenvalue weighted by atomic mass is 32.1. The molecule has 4 nitrogen and oxygen atoms in total. The molecule has 1 aromatic carbocycles. The summed E-state index contributed by atoms with van der Waals surface area (Å²) in [6.45, 7) is 3.89. The zero-order chi connectivity index (χ0) is 14.7. The largest absolute Gasteiger partial charge is 0.493 e. The second kappa shape index (κ2) is 6.73. The van der Waals surface area contributed by atoms with Crippen LogP contribution in [0.15, 0.2) is 24.3 Å². The van der Waals surface area contributed by atoms with Crippen LogP contribution >= 0.6 is 12.2 Å². The van der Waals surface area contributed by atoms with Crippen molar-refractivity contribution in [2.24, 2.45) is 5.73 Å². The van der Waals surface area contributed by atoms with Gasteiger partial charge in [-0.1, -0.05) is 24.4 Å². The molecule has 21 heavy (non-hydrogen) atoms. The van der Waals surface area contributed by atoms with Gasteiger partial charge in [-0.25, -0.2) is 0 Å². The molecule has 114 valence electrons. The summed E-state index contributed by atoms with van der Waals surface area (Å²) in [6.07, 6.45) is 4.36. The van der Waals surface area contributed by atoms with Gasteiger partial charge in [-0.2, -0.15) is 0 Å². The van der Waals surface area contributed by atoms with E-state index in [1.165, 1.54) is 12.8 Å². The van der Waals surface area contributed by atoms with Crippen LogP contribution in [0.2, 0.25) is 0 Å². The van der Waals surface area contributed by atoms with Crippen molar-refractivity contribution in [2.75, 3.05) is 26.2 Å². The summed E-state index contributed by atoms with van der Waals surface area (Å²) < 4.78 is 11.7. The molecule has 2 heterocycles. The van der Waals surface area contributed by atoms with E-state index in [1.807, 2.05) is 24.3 Å². The Kier molecular flexibility index (Phi) is 4.73. The zero-order valence-corrected chi connectivity index (χ0v) is 13.0. The average molecular weight is 306 g/mol. The Morgan fingerprint density at radius 3 is 2.71 bits per heavy atom. The molecule has 3 rings (SSSR count). The van der Waals surface area contributed by atoms with E-state index in [-0.39, 0.29) is 0 Å². The van der Waals surface area contributed by atoms with Crippen molar-refractivity contribution < 1.29 is 9.47 Å². The van der Waals surface area contributed by atoms with Crippen LogP contribution in [0.4, 0.5) is 0 Å². The van der Waals surface area contributed by atoms with Crippen molar-refractivity contribution in [2.45, 2.75) is 31.5 Å². The monoisotopic (exact) mass is 306 g/mol. The first-order valence-corrected chi connectivity index (χ1v) is 8.02. The highest BCUT2D eigenvalue weighted by Crippen LogP contribution is 2.26. The molecule has 0 aliphatic carbocycles. The predicted octanol–water partition coefficient (Wildman–Crippen LogP) is 1.95. The number of para-hydroxylation sites is 1. The number of benzene rings is 1. The molecule has 2 atom stereocenters. The molecule has 2 fully saturated rings. The molecule has 2 saturated heterocycles. The SMILES string of the molecule is NC(=S)c1ccccc1OCCCN1CC2CCC(C1)O2. The second-order valence-corrected chi connectivity index (χ2v) is 6.22. The highest BCUT2D eigenvalue weighted by molar-refractivity contribution is 7.80. The Bertz CT molecular complexity index is 497. The molecule has 0 radical (unpaired) electrons. The molecule has 1 aromatic rings. The third-order valence-corrected chi connectivity index (χ3v) is 4.37. The smallest absolute Gasteiger partial charge is 0.129 e. The summed E-state index contributed by atoms with van der Waals surface area (Å²) in [5.41, 5.74) is 6.52. The lowest BCUT2D eigenvalue weighted by atomic mass is 10.2. The van der Waals surface area contributed by atoms with Crippen LogP contribution in [0.25, 0.3) is 0 Å². The quantitative estimate of drug-likeness (QED) is 0.643. The van der Waals surface area contributed by atoms with E-state index in [0.29, 0.717) is 23.8 Å². The minimum Gasteiger partial charge on any atom is -0.493 e. The maximum absolute atomic E-state index is 5.84. The van der Waals surface area contributed by atoms with Gasteiger partial charge >= 0.3 is 0 Å². The minimum atomic E-state index is 0.385. The van der Waals surface area contributed by atoms with Gasteiger partial charge in [0.15, 0.2) is 0 Å². The fraction of sp³-hybridized carbons (Fsp3) is 0.562. The lowest BCUT2D eigenvalue weighted by Gasteiger charge is -2.31. The number of ether oxygens (including phenoxy) is 2. The normalized spacial score (nSPS) is 25.0. The first kappa shape index (κ1) is 14.8. The van der Waals surface area contributed by atoms with Crippen LogP contribution in [0.5, 0.6) is 5.75 Å². The van der Waals surface area contributed by atoms with E-state index in [0.717, 1.165) is 37.4 Å². The number of rotatable bonds is 6. The molecular weight excluding hydrogens is 284 g/mol. The van der Waals surface area contributed by atoms with Gasteiger partial charge in [0.2, 0.25) is 0 Å². The summed E-state index contributed by atoms with van der Waals surface area (Å²) in [7, 11) is 0. The van der Waals surface area contributed by atoms with Gasteiger partial charge in [-0.3, -0.25) is 4.90 Å². The Morgan fingerprint density at radius 1 is 1.29 bits per heavy atom. The van der Waals surface area contributed by atoms with Crippen molar-refractivity contribution in [3.63, 3.8) is 0 Å². The molecule has 2 aliphatic rings. The van der Waals surface area contributed by atoms with Crippen LogP contribution in [0, 0.1) is 0 Å². The third-order valence-electron chi connectivity index (χ3n) is 4.15. The number of morpholine rings is 1. The number of thiocarbonyl (C=S) groups is 1. The van der Waals surface area contributed by atoms with Gasteiger partial charge in [0.1, 0.15) is 10.7 Å². The summed E-state index contributed by atoms with van der Waals surface area (Å²) in [5.74, 6) is 0.784. The van der Waals surface area contributed by atoms with Gasteiger partial charge in [0.05, 0.1) is 24.4 Å². The van der Waals surface area contributed by atoms with E-state index in [9.17, 15) is 0 Å². The molecule has 5 heteroatoms. The lowest BCUT2D eigenvalue weighted by Crippen LogP contribution is -2.43. The molecule has 2 unspecified atom stereocenters. The van der Waals surface area contributed by atoms with Gasteiger partial charge in [-0.15, -0.1) is 0 Å². The second-order valence-electron chi connectivity index (χ2n) is 5.78. The van der Waals surface area contributed by atoms with Crippen molar-refractivity contribution in [1.82, 2.24) is 4.90 Å². The maximum Gasteiger partial charge on any atom is 0.129 e. The van der Waals surface area contributed by atoms with Gasteiger partial charge in [0, 0.05) is 19.6 Å². The first-order valence-electron chi connectivity index (χ1n) is 7.62. The zero-order valence-electron chi connectivity index (χ0n) is 12.2. The fourth-order valence-electron chi connectivity index (χ4n) is 3.15. The summed E-state index contributed by atoms with van der Waals surface area (Å²) in [4.78, 5) is 2.88. The molecule has 0 saturated carbocycles. The number of nitrogens with zero attached hydrogens (tertiary/aromatic N) is 1. The van der Waals surface area contributed by atoms with E-state index < -0.39 is 0 Å². The third kappa shape index (κ3) is 3.73. The predicted molar refractivity (Wildman–Crippen MR) is 86.8 cm³/mol. The minimum absolute atomic E-state index is 0.385. The molecule has 2 aliphatic heterocycles. The molecule has 2 bridgehead atoms. The lowest BCUT2D eigenvalue weighted by molar-refractivity contribution is -0.0391. The summed E-state index contributed by atoms with van der Waals surface area (Å²) in [5, 5.41) is 0. The summed E-state index contributed by atoms with van der Waals surface area (Å²) in [6, 6.07) is 7.68. The number of nitrogens with two attached hydrogens (primary N) is 1. The Balaban J connectivity index is 1.43. The van der Waals surface area contributed by atoms with Crippen molar-refractivity contribution in [3.8, 4) is 5.75 Å². The number of fused-ring (bicyclic) bond motifs is 2. The van der Waals surface area contributed by atoms with Crippen molar-refractivity contribution in [3.05, 3.63) is 29.8 Å². The van der Waals surface area contributed by atoms with E-state index in [1.54, 1.807) is 0 Å². The fourth-order valence-corrected chi connectivity index (χ4v) is 3.32. The van der Waals surface area contributed by atoms with Gasteiger partial charge in [-0.05, 0) is 31.4 Å². The highest BCUT2D eigenvalue weighted by Gasteiger charge is 2.33. The maximum atomic E-state index is 5.84. The van der Waals surface area contributed by atoms with Crippen molar-refractivity contribution in [1.29, 1.82) is 0 Å². The van der Waals surface area contributed by atoms with Crippen molar-refractivity contribution >= 4 is 17.2 Å². The first-order chi connectivity index (χ1) is 10.2. The number of hydrogen-bond acceptors (Lipinski definition) is 4. The Labute approximate surface area is 131 Å². The van der Waals surface area contributed by atoms with E-state index in [4.69, 9.17) is 27.4 Å². The summed E-state index contributed by atoms with van der Waals surface area (Å²) >= 11 is 5.04. The van der Waals surface area contributed by atoms with Crippen LogP contribution in [0.3, 0.4) is 0 Å². The van der Waals surface area contributed by atoms with Crippen LogP contribution in [-0.4, -0.2) is 48.3 Å². The average Bonchev–Trinajstić information content (AvgIpc) is 2.83. The van der Waals surface area contributed by atoms with Gasteiger partial charge in [0.25, 0.3) is 0 Å². The molecule has 2 N–H and O–H groups in total. The molecular formula is C16H22N2O2S. The molecule has 0 aromatic heterocycles. The number of hydrogen-bond donors (Lipinski definition) is 1. The van der Waals surface area contributed by atoms with E-state index in [2.05, 4.69) is 4.90 Å². The molecule has 0 spiro atoms. The van der Waals surface area contributed by atoms with Gasteiger partial charge < -0.3 is 15.2 Å². The standard InChI is InChI=1S/C16H22N2O2S/c17-16(21)14-4-1-2-5-15(14)19-9-3-8-18-10-12-6-7-13(11-18)20-12/h1-2,4-5,12-13H,3,6-11H2,(H2,17,21).